The van der Waals surface area contributed by atoms with Crippen LogP contribution < -0.4 is 10.1 Å². The Morgan fingerprint density at radius 1 is 0.941 bits per heavy atom. The molecule has 0 atom stereocenters. The summed E-state index contributed by atoms with van der Waals surface area (Å²) in [6.07, 6.45) is 0. The molecule has 0 unspecified atom stereocenters. The molecule has 0 fully saturated rings. The quantitative estimate of drug-likeness (QED) is 0.327. The second kappa shape index (κ2) is 10.1. The van der Waals surface area contributed by atoms with Gasteiger partial charge in [-0.3, -0.25) is 9.48 Å². The highest BCUT2D eigenvalue weighted by Crippen LogP contribution is 2.23. The molecule has 4 aromatic rings. The van der Waals surface area contributed by atoms with Gasteiger partial charge in [0.25, 0.3) is 5.91 Å². The van der Waals surface area contributed by atoms with Crippen LogP contribution in [0, 0.1) is 27.7 Å². The Kier molecular flexibility index (Phi) is 7.03. The Bertz CT molecular complexity index is 1310. The lowest BCUT2D eigenvalue weighted by Crippen LogP contribution is -2.13. The van der Waals surface area contributed by atoms with Crippen LogP contribution >= 0.6 is 11.6 Å². The predicted molar refractivity (Wildman–Crippen MR) is 137 cm³/mol. The van der Waals surface area contributed by atoms with E-state index in [1.807, 2.05) is 67.9 Å². The van der Waals surface area contributed by atoms with Crippen molar-refractivity contribution in [3.05, 3.63) is 111 Å². The van der Waals surface area contributed by atoms with Crippen LogP contribution in [0.15, 0.2) is 66.7 Å². The van der Waals surface area contributed by atoms with E-state index in [0.29, 0.717) is 23.7 Å². The van der Waals surface area contributed by atoms with Crippen molar-refractivity contribution >= 4 is 23.2 Å². The molecule has 1 heterocycles. The third-order valence-corrected chi connectivity index (χ3v) is 6.25. The number of aromatic nitrogens is 2. The van der Waals surface area contributed by atoms with Crippen molar-refractivity contribution < 1.29 is 9.53 Å². The number of nitrogens with zero attached hydrogens (tertiary/aromatic N) is 2. The van der Waals surface area contributed by atoms with E-state index in [0.717, 1.165) is 34.0 Å². The van der Waals surface area contributed by atoms with Crippen LogP contribution in [0.1, 0.15) is 44.0 Å². The average molecular weight is 474 g/mol. The molecule has 0 aliphatic rings. The molecule has 6 heteroatoms. The van der Waals surface area contributed by atoms with E-state index in [4.69, 9.17) is 16.3 Å². The van der Waals surface area contributed by atoms with E-state index >= 15 is 0 Å². The first-order valence-corrected chi connectivity index (χ1v) is 11.6. The molecule has 1 aromatic heterocycles. The van der Waals surface area contributed by atoms with Gasteiger partial charge in [-0.05, 0) is 74.7 Å². The molecule has 1 N–H and O–H groups in total. The molecular weight excluding hydrogens is 446 g/mol. The van der Waals surface area contributed by atoms with Gasteiger partial charge in [0, 0.05) is 10.6 Å². The molecule has 0 aliphatic heterocycles. The molecule has 0 bridgehead atoms. The van der Waals surface area contributed by atoms with Crippen molar-refractivity contribution in [2.24, 2.45) is 0 Å². The van der Waals surface area contributed by atoms with Crippen molar-refractivity contribution in [3.8, 4) is 5.75 Å². The van der Waals surface area contributed by atoms with Crippen molar-refractivity contribution in [2.45, 2.75) is 40.8 Å². The second-order valence-corrected chi connectivity index (χ2v) is 8.95. The number of anilines is 1. The number of aryl methyl sites for hydroxylation is 3. The summed E-state index contributed by atoms with van der Waals surface area (Å²) in [5.74, 6) is 0.596. The van der Waals surface area contributed by atoms with Gasteiger partial charge in [0.15, 0.2) is 0 Å². The second-order valence-electron chi connectivity index (χ2n) is 8.54. The highest BCUT2D eigenvalue weighted by molar-refractivity contribution is 6.31. The van der Waals surface area contributed by atoms with Crippen molar-refractivity contribution in [3.63, 3.8) is 0 Å². The molecule has 0 saturated heterocycles. The number of hydrogen-bond donors (Lipinski definition) is 1. The number of benzene rings is 3. The first-order valence-electron chi connectivity index (χ1n) is 11.2. The Labute approximate surface area is 205 Å². The minimum atomic E-state index is -0.165. The van der Waals surface area contributed by atoms with Crippen LogP contribution in [-0.2, 0) is 13.2 Å². The minimum absolute atomic E-state index is 0.165. The molecule has 34 heavy (non-hydrogen) atoms. The summed E-state index contributed by atoms with van der Waals surface area (Å²) in [6, 6.07) is 21.4. The van der Waals surface area contributed by atoms with Crippen LogP contribution in [0.2, 0.25) is 5.02 Å². The van der Waals surface area contributed by atoms with Crippen LogP contribution in [0.4, 0.5) is 5.69 Å². The maximum absolute atomic E-state index is 12.9. The molecule has 0 radical (unpaired) electrons. The number of rotatable bonds is 7. The molecule has 4 rings (SSSR count). The number of halogens is 1. The summed E-state index contributed by atoms with van der Waals surface area (Å²) in [5, 5.41) is 8.38. The zero-order valence-electron chi connectivity index (χ0n) is 19.9. The fraction of sp³-hybridized carbons (Fsp3) is 0.214. The fourth-order valence-corrected chi connectivity index (χ4v) is 3.83. The number of ether oxygens (including phenoxy) is 1. The third-order valence-electron chi connectivity index (χ3n) is 5.82. The standard InChI is InChI=1S/C28H28ClN3O2/c1-18-5-7-22(8-6-18)16-32-21(4)27(20(3)31-32)30-28(33)24-11-9-23(10-12-24)17-34-25-13-14-26(29)19(2)15-25/h5-15H,16-17H2,1-4H3,(H,30,33). The Hall–Kier alpha value is -3.57. The molecule has 5 nitrogen and oxygen atoms in total. The lowest BCUT2D eigenvalue weighted by atomic mass is 10.1. The summed E-state index contributed by atoms with van der Waals surface area (Å²) < 4.78 is 7.77. The summed E-state index contributed by atoms with van der Waals surface area (Å²) >= 11 is 6.07. The van der Waals surface area contributed by atoms with Gasteiger partial charge < -0.3 is 10.1 Å². The smallest absolute Gasteiger partial charge is 0.255 e. The highest BCUT2D eigenvalue weighted by Gasteiger charge is 2.15. The lowest BCUT2D eigenvalue weighted by molar-refractivity contribution is 0.102. The summed E-state index contributed by atoms with van der Waals surface area (Å²) in [6.45, 7) is 8.96. The minimum Gasteiger partial charge on any atom is -0.489 e. The Morgan fingerprint density at radius 3 is 2.29 bits per heavy atom. The van der Waals surface area contributed by atoms with E-state index in [9.17, 15) is 4.79 Å². The normalized spacial score (nSPS) is 10.9. The molecule has 3 aromatic carbocycles. The zero-order chi connectivity index (χ0) is 24.2. The summed E-state index contributed by atoms with van der Waals surface area (Å²) in [4.78, 5) is 12.9. The van der Waals surface area contributed by atoms with E-state index in [1.54, 1.807) is 0 Å². The molecule has 174 valence electrons. The van der Waals surface area contributed by atoms with Crippen LogP contribution in [0.5, 0.6) is 5.75 Å². The SMILES string of the molecule is Cc1ccc(Cn2nc(C)c(NC(=O)c3ccc(COc4ccc(Cl)c(C)c4)cc3)c2C)cc1. The van der Waals surface area contributed by atoms with Gasteiger partial charge in [0.1, 0.15) is 12.4 Å². The summed E-state index contributed by atoms with van der Waals surface area (Å²) in [5.41, 5.74) is 7.39. The number of nitrogens with one attached hydrogen (secondary N) is 1. The number of amides is 1. The zero-order valence-corrected chi connectivity index (χ0v) is 20.6. The van der Waals surface area contributed by atoms with Crippen molar-refractivity contribution in [1.82, 2.24) is 9.78 Å². The molecular formula is C28H28ClN3O2. The van der Waals surface area contributed by atoms with E-state index in [-0.39, 0.29) is 5.91 Å². The molecule has 1 amide bonds. The van der Waals surface area contributed by atoms with Crippen LogP contribution in [0.25, 0.3) is 0 Å². The topological polar surface area (TPSA) is 56.2 Å². The van der Waals surface area contributed by atoms with E-state index in [2.05, 4.69) is 41.6 Å². The van der Waals surface area contributed by atoms with Gasteiger partial charge in [0.05, 0.1) is 23.6 Å². The van der Waals surface area contributed by atoms with Gasteiger partial charge in [-0.25, -0.2) is 0 Å². The lowest BCUT2D eigenvalue weighted by Gasteiger charge is -2.10. The predicted octanol–water partition coefficient (Wildman–Crippen LogP) is 6.65. The van der Waals surface area contributed by atoms with Gasteiger partial charge in [-0.2, -0.15) is 5.10 Å². The fourth-order valence-electron chi connectivity index (χ4n) is 3.71. The first-order chi connectivity index (χ1) is 16.3. The highest BCUT2D eigenvalue weighted by atomic mass is 35.5. The van der Waals surface area contributed by atoms with Crippen molar-refractivity contribution in [2.75, 3.05) is 5.32 Å². The molecule has 0 spiro atoms. The third kappa shape index (κ3) is 5.49. The number of carbonyl (C=O) groups is 1. The Morgan fingerprint density at radius 2 is 1.62 bits per heavy atom. The molecule has 0 saturated carbocycles. The monoisotopic (exact) mass is 473 g/mol. The van der Waals surface area contributed by atoms with Gasteiger partial charge in [-0.1, -0.05) is 53.6 Å². The maximum Gasteiger partial charge on any atom is 0.255 e. The van der Waals surface area contributed by atoms with Crippen LogP contribution in [-0.4, -0.2) is 15.7 Å². The average Bonchev–Trinajstić information content (AvgIpc) is 3.09. The largest absolute Gasteiger partial charge is 0.489 e. The number of carbonyl (C=O) groups excluding carboxylic acids is 1. The van der Waals surface area contributed by atoms with E-state index in [1.165, 1.54) is 11.1 Å². The Balaban J connectivity index is 1.40. The van der Waals surface area contributed by atoms with Gasteiger partial charge in [-0.15, -0.1) is 0 Å². The number of hydrogen-bond acceptors (Lipinski definition) is 3. The van der Waals surface area contributed by atoms with Gasteiger partial charge in [0.2, 0.25) is 0 Å². The first kappa shape index (κ1) is 23.6. The maximum atomic E-state index is 12.9. The van der Waals surface area contributed by atoms with Gasteiger partial charge >= 0.3 is 0 Å². The molecule has 0 aliphatic carbocycles. The summed E-state index contributed by atoms with van der Waals surface area (Å²) in [7, 11) is 0. The van der Waals surface area contributed by atoms with E-state index < -0.39 is 0 Å². The van der Waals surface area contributed by atoms with Crippen LogP contribution in [0.3, 0.4) is 0 Å². The van der Waals surface area contributed by atoms with Crippen molar-refractivity contribution in [1.29, 1.82) is 0 Å².